The van der Waals surface area contributed by atoms with Crippen LogP contribution >= 0.6 is 0 Å². The SMILES string of the molecule is CCOc1cc(C(=O)N[C@H](C(=O)O)[C@@H](C)CC)ccc1OCc1cccnc1. The molecule has 0 aliphatic heterocycles. The molecule has 150 valence electrons. The van der Waals surface area contributed by atoms with Gasteiger partial charge in [0.15, 0.2) is 11.5 Å². The molecular weight excluding hydrogens is 360 g/mol. The number of hydrogen-bond acceptors (Lipinski definition) is 5. The van der Waals surface area contributed by atoms with E-state index in [1.54, 1.807) is 37.5 Å². The molecule has 0 fully saturated rings. The summed E-state index contributed by atoms with van der Waals surface area (Å²) in [4.78, 5) is 28.0. The Kier molecular flexibility index (Phi) is 7.80. The molecule has 2 rings (SSSR count). The summed E-state index contributed by atoms with van der Waals surface area (Å²) in [5.41, 5.74) is 1.22. The lowest BCUT2D eigenvalue weighted by Gasteiger charge is -2.20. The standard InChI is InChI=1S/C21H26N2O5/c1-4-14(3)19(21(25)26)23-20(24)16-8-9-17(18(11-16)27-5-2)28-13-15-7-6-10-22-12-15/h6-12,14,19H,4-5,13H2,1-3H3,(H,23,24)(H,25,26)/t14-,19-/m0/s1. The predicted molar refractivity (Wildman–Crippen MR) is 105 cm³/mol. The summed E-state index contributed by atoms with van der Waals surface area (Å²) in [6.07, 6.45) is 4.04. The van der Waals surface area contributed by atoms with Gasteiger partial charge in [-0.1, -0.05) is 26.3 Å². The largest absolute Gasteiger partial charge is 0.490 e. The second kappa shape index (κ2) is 10.3. The van der Waals surface area contributed by atoms with Gasteiger partial charge in [-0.25, -0.2) is 4.79 Å². The van der Waals surface area contributed by atoms with E-state index in [1.165, 1.54) is 0 Å². The molecule has 7 heteroatoms. The topological polar surface area (TPSA) is 97.8 Å². The molecule has 0 spiro atoms. The zero-order valence-corrected chi connectivity index (χ0v) is 16.3. The lowest BCUT2D eigenvalue weighted by Crippen LogP contribution is -2.45. The molecule has 0 bridgehead atoms. The molecule has 1 heterocycles. The normalized spacial score (nSPS) is 12.7. The van der Waals surface area contributed by atoms with Crippen molar-refractivity contribution in [3.8, 4) is 11.5 Å². The molecule has 0 aliphatic carbocycles. The first-order valence-electron chi connectivity index (χ1n) is 9.28. The van der Waals surface area contributed by atoms with Crippen LogP contribution in [0.4, 0.5) is 0 Å². The van der Waals surface area contributed by atoms with Crippen molar-refractivity contribution in [3.05, 3.63) is 53.9 Å². The predicted octanol–water partition coefficient (Wildman–Crippen LogP) is 3.29. The lowest BCUT2D eigenvalue weighted by atomic mass is 9.99. The molecule has 0 saturated heterocycles. The first-order chi connectivity index (χ1) is 13.5. The fraction of sp³-hybridized carbons (Fsp3) is 0.381. The van der Waals surface area contributed by atoms with Gasteiger partial charge in [0.25, 0.3) is 5.91 Å². The second-order valence-electron chi connectivity index (χ2n) is 6.42. The van der Waals surface area contributed by atoms with Crippen LogP contribution in [-0.2, 0) is 11.4 Å². The van der Waals surface area contributed by atoms with Crippen molar-refractivity contribution in [2.75, 3.05) is 6.61 Å². The van der Waals surface area contributed by atoms with Gasteiger partial charge in [0, 0.05) is 23.5 Å². The monoisotopic (exact) mass is 386 g/mol. The van der Waals surface area contributed by atoms with Crippen LogP contribution in [0.5, 0.6) is 11.5 Å². The average Bonchev–Trinajstić information content (AvgIpc) is 2.71. The van der Waals surface area contributed by atoms with E-state index in [0.29, 0.717) is 36.7 Å². The first-order valence-corrected chi connectivity index (χ1v) is 9.28. The number of amides is 1. The highest BCUT2D eigenvalue weighted by Gasteiger charge is 2.26. The fourth-order valence-corrected chi connectivity index (χ4v) is 2.59. The summed E-state index contributed by atoms with van der Waals surface area (Å²) in [5, 5.41) is 12.0. The van der Waals surface area contributed by atoms with Crippen LogP contribution < -0.4 is 14.8 Å². The number of carboxylic acids is 1. The molecular formula is C21H26N2O5. The number of aromatic nitrogens is 1. The van der Waals surface area contributed by atoms with E-state index >= 15 is 0 Å². The third-order valence-electron chi connectivity index (χ3n) is 4.39. The Bertz CT molecular complexity index is 795. The Morgan fingerprint density at radius 3 is 2.57 bits per heavy atom. The fourth-order valence-electron chi connectivity index (χ4n) is 2.59. The van der Waals surface area contributed by atoms with Crippen LogP contribution in [0.15, 0.2) is 42.7 Å². The molecule has 0 radical (unpaired) electrons. The van der Waals surface area contributed by atoms with Gasteiger partial charge in [-0.15, -0.1) is 0 Å². The highest BCUT2D eigenvalue weighted by atomic mass is 16.5. The van der Waals surface area contributed by atoms with E-state index < -0.39 is 17.9 Å². The van der Waals surface area contributed by atoms with E-state index in [4.69, 9.17) is 9.47 Å². The summed E-state index contributed by atoms with van der Waals surface area (Å²) in [5.74, 6) is -0.778. The number of pyridine rings is 1. The van der Waals surface area contributed by atoms with Crippen LogP contribution in [0, 0.1) is 5.92 Å². The van der Waals surface area contributed by atoms with Crippen molar-refractivity contribution in [1.29, 1.82) is 0 Å². The van der Waals surface area contributed by atoms with Crippen molar-refractivity contribution >= 4 is 11.9 Å². The summed E-state index contributed by atoms with van der Waals surface area (Å²) >= 11 is 0. The Labute approximate surface area is 164 Å². The second-order valence-corrected chi connectivity index (χ2v) is 6.42. The molecule has 0 saturated carbocycles. The number of carbonyl (C=O) groups excluding carboxylic acids is 1. The zero-order valence-electron chi connectivity index (χ0n) is 16.3. The smallest absolute Gasteiger partial charge is 0.326 e. The minimum atomic E-state index is -1.05. The maximum absolute atomic E-state index is 12.5. The van der Waals surface area contributed by atoms with Crippen LogP contribution in [0.2, 0.25) is 0 Å². The van der Waals surface area contributed by atoms with E-state index in [-0.39, 0.29) is 5.92 Å². The number of aliphatic carboxylic acids is 1. The lowest BCUT2D eigenvalue weighted by molar-refractivity contribution is -0.140. The Morgan fingerprint density at radius 2 is 1.96 bits per heavy atom. The minimum Gasteiger partial charge on any atom is -0.490 e. The Hall–Kier alpha value is -3.09. The van der Waals surface area contributed by atoms with Gasteiger partial charge < -0.3 is 19.9 Å². The minimum absolute atomic E-state index is 0.185. The van der Waals surface area contributed by atoms with Gasteiger partial charge in [0.2, 0.25) is 0 Å². The summed E-state index contributed by atoms with van der Waals surface area (Å²) < 4.78 is 11.4. The maximum Gasteiger partial charge on any atom is 0.326 e. The summed E-state index contributed by atoms with van der Waals surface area (Å²) in [6, 6.07) is 7.57. The summed E-state index contributed by atoms with van der Waals surface area (Å²) in [6.45, 7) is 6.23. The van der Waals surface area contributed by atoms with Crippen molar-refractivity contribution in [3.63, 3.8) is 0 Å². The van der Waals surface area contributed by atoms with Crippen LogP contribution in [0.3, 0.4) is 0 Å². The molecule has 2 atom stereocenters. The molecule has 1 amide bonds. The third-order valence-corrected chi connectivity index (χ3v) is 4.39. The van der Waals surface area contributed by atoms with Gasteiger partial charge in [-0.05, 0) is 37.1 Å². The molecule has 0 unspecified atom stereocenters. The number of rotatable bonds is 10. The quantitative estimate of drug-likeness (QED) is 0.650. The number of nitrogens with zero attached hydrogens (tertiary/aromatic N) is 1. The maximum atomic E-state index is 12.5. The average molecular weight is 386 g/mol. The molecule has 28 heavy (non-hydrogen) atoms. The van der Waals surface area contributed by atoms with Crippen molar-refractivity contribution < 1.29 is 24.2 Å². The van der Waals surface area contributed by atoms with Gasteiger partial charge >= 0.3 is 5.97 Å². The summed E-state index contributed by atoms with van der Waals surface area (Å²) in [7, 11) is 0. The number of carboxylic acid groups (broad SMARTS) is 1. The highest BCUT2D eigenvalue weighted by Crippen LogP contribution is 2.29. The number of benzene rings is 1. The zero-order chi connectivity index (χ0) is 20.5. The first kappa shape index (κ1) is 21.2. The van der Waals surface area contributed by atoms with Gasteiger partial charge in [0.1, 0.15) is 12.6 Å². The van der Waals surface area contributed by atoms with E-state index in [2.05, 4.69) is 10.3 Å². The van der Waals surface area contributed by atoms with Crippen molar-refractivity contribution in [2.45, 2.75) is 39.8 Å². The van der Waals surface area contributed by atoms with E-state index in [9.17, 15) is 14.7 Å². The number of nitrogens with one attached hydrogen (secondary N) is 1. The van der Waals surface area contributed by atoms with E-state index in [0.717, 1.165) is 5.56 Å². The molecule has 1 aromatic carbocycles. The van der Waals surface area contributed by atoms with Crippen molar-refractivity contribution in [2.24, 2.45) is 5.92 Å². The molecule has 2 aromatic rings. The van der Waals surface area contributed by atoms with E-state index in [1.807, 2.05) is 26.0 Å². The van der Waals surface area contributed by atoms with Gasteiger partial charge in [0.05, 0.1) is 6.61 Å². The molecule has 7 nitrogen and oxygen atoms in total. The molecule has 2 N–H and O–H groups in total. The highest BCUT2D eigenvalue weighted by molar-refractivity contribution is 5.97. The van der Waals surface area contributed by atoms with Crippen LogP contribution in [0.1, 0.15) is 43.1 Å². The number of hydrogen-bond donors (Lipinski definition) is 2. The van der Waals surface area contributed by atoms with Gasteiger partial charge in [-0.2, -0.15) is 0 Å². The van der Waals surface area contributed by atoms with Crippen LogP contribution in [-0.4, -0.2) is 34.6 Å². The van der Waals surface area contributed by atoms with Crippen LogP contribution in [0.25, 0.3) is 0 Å². The number of carbonyl (C=O) groups is 2. The van der Waals surface area contributed by atoms with Crippen molar-refractivity contribution in [1.82, 2.24) is 10.3 Å². The number of ether oxygens (including phenoxy) is 2. The third kappa shape index (κ3) is 5.70. The Morgan fingerprint density at radius 1 is 1.18 bits per heavy atom. The Balaban J connectivity index is 2.15. The van der Waals surface area contributed by atoms with Gasteiger partial charge in [-0.3, -0.25) is 9.78 Å². The molecule has 1 aromatic heterocycles. The molecule has 0 aliphatic rings.